The fourth-order valence-corrected chi connectivity index (χ4v) is 2.65. The van der Waals surface area contributed by atoms with Gasteiger partial charge in [-0.1, -0.05) is 11.3 Å². The number of anilines is 1. The van der Waals surface area contributed by atoms with Crippen LogP contribution in [0.1, 0.15) is 11.1 Å². The molecule has 0 saturated carbocycles. The van der Waals surface area contributed by atoms with Crippen LogP contribution in [0.2, 0.25) is 0 Å². The monoisotopic (exact) mass is 264 g/mol. The van der Waals surface area contributed by atoms with Crippen LogP contribution in [0.25, 0.3) is 10.2 Å². The van der Waals surface area contributed by atoms with E-state index in [0.29, 0.717) is 5.13 Å². The number of benzene rings is 1. The molecular formula is C9H9N2NaO2S2-. The number of aromatic nitrogens is 1. The summed E-state index contributed by atoms with van der Waals surface area (Å²) in [4.78, 5) is 4.17. The second kappa shape index (κ2) is 5.57. The Kier molecular flexibility index (Phi) is 4.90. The first-order valence-corrected chi connectivity index (χ1v) is 6.19. The van der Waals surface area contributed by atoms with Crippen molar-refractivity contribution in [2.24, 2.45) is 0 Å². The van der Waals surface area contributed by atoms with E-state index in [1.54, 1.807) is 0 Å². The minimum atomic E-state index is -2.31. The molecule has 1 unspecified atom stereocenters. The molecule has 0 aliphatic heterocycles. The van der Waals surface area contributed by atoms with Crippen LogP contribution >= 0.6 is 11.3 Å². The van der Waals surface area contributed by atoms with Crippen molar-refractivity contribution in [2.75, 3.05) is 4.72 Å². The number of nitrogens with one attached hydrogen (secondary N) is 1. The Balaban J connectivity index is 0.00000128. The second-order valence-electron chi connectivity index (χ2n) is 3.26. The predicted octanol–water partition coefficient (Wildman–Crippen LogP) is 1.74. The van der Waals surface area contributed by atoms with E-state index in [0.717, 1.165) is 15.8 Å². The Morgan fingerprint density at radius 3 is 2.62 bits per heavy atom. The van der Waals surface area contributed by atoms with Crippen molar-refractivity contribution in [3.8, 4) is 0 Å². The van der Waals surface area contributed by atoms with Crippen molar-refractivity contribution in [2.45, 2.75) is 13.8 Å². The summed E-state index contributed by atoms with van der Waals surface area (Å²) in [7, 11) is 0. The molecule has 0 bridgehead atoms. The van der Waals surface area contributed by atoms with Crippen LogP contribution in [-0.2, 0) is 11.3 Å². The van der Waals surface area contributed by atoms with Gasteiger partial charge in [0.15, 0.2) is 5.13 Å². The zero-order valence-corrected chi connectivity index (χ0v) is 12.9. The van der Waals surface area contributed by atoms with Crippen molar-refractivity contribution in [3.63, 3.8) is 0 Å². The summed E-state index contributed by atoms with van der Waals surface area (Å²) < 4.78 is 24.1. The molecule has 0 saturated heterocycles. The van der Waals surface area contributed by atoms with Gasteiger partial charge in [0.25, 0.3) is 0 Å². The molecule has 16 heavy (non-hydrogen) atoms. The number of nitrogens with zero attached hydrogens (tertiary/aromatic N) is 1. The molecule has 1 atom stereocenters. The Hall–Kier alpha value is 0.0200. The third-order valence-electron chi connectivity index (χ3n) is 2.17. The fourth-order valence-electron chi connectivity index (χ4n) is 1.29. The minimum absolute atomic E-state index is 0. The summed E-state index contributed by atoms with van der Waals surface area (Å²) in [5.41, 5.74) is 3.17. The molecule has 0 aliphatic carbocycles. The van der Waals surface area contributed by atoms with Crippen LogP contribution in [-0.4, -0.2) is 43.3 Å². The quantitative estimate of drug-likeness (QED) is 0.663. The molecule has 0 aliphatic rings. The fraction of sp³-hybridized carbons (Fsp3) is 0.222. The molecule has 7 heteroatoms. The molecule has 0 fully saturated rings. The van der Waals surface area contributed by atoms with Crippen LogP contribution in [0, 0.1) is 13.8 Å². The number of thiazole rings is 1. The van der Waals surface area contributed by atoms with E-state index in [4.69, 9.17) is 0 Å². The van der Waals surface area contributed by atoms with Crippen molar-refractivity contribution < 1.29 is 8.76 Å². The smallest absolute Gasteiger partial charge is 0.194 e. The first-order chi connectivity index (χ1) is 7.06. The number of rotatable bonds is 2. The third kappa shape index (κ3) is 3.03. The first-order valence-electron chi connectivity index (χ1n) is 4.30. The molecule has 1 radical (unpaired) electrons. The molecule has 1 N–H and O–H groups in total. The standard InChI is InChI=1S/C9H10N2O2S2.Na/c1-5-3-7-8(4-6(5)2)14-9(10-7)11-15(12)13;/h3-4H,1-2H3,(H,10,11)(H,12,13);/p-1. The van der Waals surface area contributed by atoms with Gasteiger partial charge in [0.1, 0.15) is 0 Å². The molecule has 1 aromatic carbocycles. The van der Waals surface area contributed by atoms with Gasteiger partial charge in [0.05, 0.1) is 10.2 Å². The molecule has 2 aromatic rings. The maximum Gasteiger partial charge on any atom is 0.194 e. The maximum absolute atomic E-state index is 10.4. The van der Waals surface area contributed by atoms with E-state index in [9.17, 15) is 8.76 Å². The van der Waals surface area contributed by atoms with Gasteiger partial charge in [0.2, 0.25) is 0 Å². The van der Waals surface area contributed by atoms with E-state index >= 15 is 0 Å². The van der Waals surface area contributed by atoms with Gasteiger partial charge in [-0.3, -0.25) is 8.93 Å². The normalized spacial score (nSPS) is 12.2. The molecular weight excluding hydrogens is 255 g/mol. The van der Waals surface area contributed by atoms with Crippen molar-refractivity contribution in [1.29, 1.82) is 0 Å². The molecule has 4 nitrogen and oxygen atoms in total. The van der Waals surface area contributed by atoms with E-state index in [1.807, 2.05) is 26.0 Å². The summed E-state index contributed by atoms with van der Waals surface area (Å²) in [6.45, 7) is 4.03. The molecule has 81 valence electrons. The Morgan fingerprint density at radius 2 is 2.00 bits per heavy atom. The summed E-state index contributed by atoms with van der Waals surface area (Å²) in [6, 6.07) is 3.97. The van der Waals surface area contributed by atoms with Crippen LogP contribution in [0.5, 0.6) is 0 Å². The Bertz CT molecular complexity index is 503. The van der Waals surface area contributed by atoms with Gasteiger partial charge < -0.3 is 4.55 Å². The zero-order chi connectivity index (χ0) is 11.0. The van der Waals surface area contributed by atoms with E-state index < -0.39 is 11.3 Å². The summed E-state index contributed by atoms with van der Waals surface area (Å²) in [5.74, 6) is 0. The maximum atomic E-state index is 10.4. The predicted molar refractivity (Wildman–Crippen MR) is 67.4 cm³/mol. The first kappa shape index (κ1) is 14.1. The van der Waals surface area contributed by atoms with Gasteiger partial charge in [-0.2, -0.15) is 0 Å². The zero-order valence-electron chi connectivity index (χ0n) is 9.23. The largest absolute Gasteiger partial charge is 0.755 e. The van der Waals surface area contributed by atoms with Gasteiger partial charge in [-0.15, -0.1) is 0 Å². The minimum Gasteiger partial charge on any atom is -0.755 e. The summed E-state index contributed by atoms with van der Waals surface area (Å²) in [6.07, 6.45) is 0. The van der Waals surface area contributed by atoms with Crippen LogP contribution in [0.4, 0.5) is 5.13 Å². The number of hydrogen-bond acceptors (Lipinski definition) is 4. The molecule has 0 amide bonds. The van der Waals surface area contributed by atoms with E-state index in [1.165, 1.54) is 16.9 Å². The van der Waals surface area contributed by atoms with Crippen LogP contribution in [0.3, 0.4) is 0 Å². The van der Waals surface area contributed by atoms with Gasteiger partial charge in [-0.25, -0.2) is 4.98 Å². The number of aryl methyl sites for hydroxylation is 2. The molecule has 1 aromatic heterocycles. The molecule has 0 spiro atoms. The average Bonchev–Trinajstić information content (AvgIpc) is 2.46. The third-order valence-corrected chi connectivity index (χ3v) is 3.60. The van der Waals surface area contributed by atoms with Crippen molar-refractivity contribution in [1.82, 2.24) is 4.98 Å². The SMILES string of the molecule is Cc1cc2nc(NS(=O)[O-])sc2cc1C.[Na]. The van der Waals surface area contributed by atoms with Crippen molar-refractivity contribution >= 4 is 67.5 Å². The van der Waals surface area contributed by atoms with Gasteiger partial charge in [0, 0.05) is 40.8 Å². The van der Waals surface area contributed by atoms with E-state index in [-0.39, 0.29) is 29.6 Å². The number of hydrogen-bond donors (Lipinski definition) is 1. The van der Waals surface area contributed by atoms with Crippen molar-refractivity contribution in [3.05, 3.63) is 23.3 Å². The van der Waals surface area contributed by atoms with Crippen LogP contribution in [0.15, 0.2) is 12.1 Å². The molecule has 2 rings (SSSR count). The molecule has 1 heterocycles. The summed E-state index contributed by atoms with van der Waals surface area (Å²) in [5, 5.41) is 0.406. The summed E-state index contributed by atoms with van der Waals surface area (Å²) >= 11 is -0.973. The average molecular weight is 264 g/mol. The second-order valence-corrected chi connectivity index (χ2v) is 4.96. The van der Waals surface area contributed by atoms with E-state index in [2.05, 4.69) is 9.71 Å². The Labute approximate surface area is 122 Å². The topological polar surface area (TPSA) is 65.0 Å². The van der Waals surface area contributed by atoms with Crippen LogP contribution < -0.4 is 4.72 Å². The van der Waals surface area contributed by atoms with Gasteiger partial charge >= 0.3 is 0 Å². The Morgan fingerprint density at radius 1 is 1.38 bits per heavy atom. The number of fused-ring (bicyclic) bond motifs is 1. The van der Waals surface area contributed by atoms with Gasteiger partial charge in [-0.05, 0) is 37.1 Å².